The predicted octanol–water partition coefficient (Wildman–Crippen LogP) is 3.47. The number of hydrogen-bond donors (Lipinski definition) is 1. The van der Waals surface area contributed by atoms with Crippen molar-refractivity contribution in [2.24, 2.45) is 0 Å². The van der Waals surface area contributed by atoms with Crippen LogP contribution in [-0.2, 0) is 4.79 Å². The molecule has 2 aromatic heterocycles. The van der Waals surface area contributed by atoms with E-state index in [2.05, 4.69) is 21.5 Å². The Balaban J connectivity index is 1.49. The molecule has 0 unspecified atom stereocenters. The van der Waals surface area contributed by atoms with Gasteiger partial charge in [-0.25, -0.2) is 9.97 Å². The van der Waals surface area contributed by atoms with Crippen molar-refractivity contribution < 1.29 is 14.3 Å². The Labute approximate surface area is 180 Å². The average molecular weight is 417 g/mol. The number of hydrogen-bond acceptors (Lipinski definition) is 7. The summed E-state index contributed by atoms with van der Waals surface area (Å²) in [6.07, 6.45) is 7.43. The van der Waals surface area contributed by atoms with Crippen molar-refractivity contribution in [3.05, 3.63) is 67.8 Å². The van der Waals surface area contributed by atoms with E-state index in [1.807, 2.05) is 36.4 Å². The van der Waals surface area contributed by atoms with Crippen molar-refractivity contribution in [1.82, 2.24) is 19.9 Å². The number of pyridine rings is 1. The highest BCUT2D eigenvalue weighted by molar-refractivity contribution is 5.87. The molecule has 1 fully saturated rings. The lowest BCUT2D eigenvalue weighted by atomic mass is 10.1. The highest BCUT2D eigenvalue weighted by Crippen LogP contribution is 2.35. The number of amides is 1. The monoisotopic (exact) mass is 417 g/mol. The number of piperidine rings is 1. The molecule has 8 nitrogen and oxygen atoms in total. The first kappa shape index (κ1) is 20.3. The quantitative estimate of drug-likeness (QED) is 0.613. The second-order valence-electron chi connectivity index (χ2n) is 7.10. The second kappa shape index (κ2) is 9.25. The van der Waals surface area contributed by atoms with E-state index in [4.69, 9.17) is 15.2 Å². The fourth-order valence-electron chi connectivity index (χ4n) is 3.46. The summed E-state index contributed by atoms with van der Waals surface area (Å²) in [5, 5.41) is 0. The van der Waals surface area contributed by atoms with Gasteiger partial charge in [-0.15, -0.1) is 0 Å². The molecule has 1 aliphatic rings. The van der Waals surface area contributed by atoms with Crippen LogP contribution in [0.5, 0.6) is 17.4 Å². The van der Waals surface area contributed by atoms with Crippen LogP contribution in [0.25, 0.3) is 11.1 Å². The van der Waals surface area contributed by atoms with E-state index in [-0.39, 0.29) is 12.0 Å². The molecule has 3 aromatic rings. The highest BCUT2D eigenvalue weighted by Gasteiger charge is 2.24. The Bertz CT molecular complexity index is 1050. The van der Waals surface area contributed by atoms with Gasteiger partial charge in [0.25, 0.3) is 0 Å². The van der Waals surface area contributed by atoms with Gasteiger partial charge in [0.05, 0.1) is 11.8 Å². The standard InChI is InChI=1S/C23H23N5O3/c1-2-20(29)28-12-9-18(10-13-28)31-23-21(22(24)26-15-27-23)16-5-7-17(8-6-16)30-19-4-3-11-25-14-19/h2-8,11,14-15,18H,1,9-10,12-13H2,(H2,24,26,27). The number of likely N-dealkylation sites (tertiary alicyclic amines) is 1. The van der Waals surface area contributed by atoms with Crippen LogP contribution in [0.15, 0.2) is 67.8 Å². The van der Waals surface area contributed by atoms with Gasteiger partial charge >= 0.3 is 0 Å². The number of carbonyl (C=O) groups is 1. The van der Waals surface area contributed by atoms with E-state index >= 15 is 0 Å². The molecule has 0 spiro atoms. The zero-order valence-corrected chi connectivity index (χ0v) is 17.0. The molecule has 158 valence electrons. The Morgan fingerprint density at radius 1 is 1.13 bits per heavy atom. The van der Waals surface area contributed by atoms with Crippen molar-refractivity contribution in [1.29, 1.82) is 0 Å². The Morgan fingerprint density at radius 3 is 2.58 bits per heavy atom. The molecule has 1 aromatic carbocycles. The normalized spacial score (nSPS) is 14.1. The van der Waals surface area contributed by atoms with Crippen LogP contribution in [-0.4, -0.2) is 45.0 Å². The van der Waals surface area contributed by atoms with Crippen LogP contribution in [0.2, 0.25) is 0 Å². The summed E-state index contributed by atoms with van der Waals surface area (Å²) in [5.74, 6) is 2.04. The van der Waals surface area contributed by atoms with Crippen LogP contribution < -0.4 is 15.2 Å². The van der Waals surface area contributed by atoms with E-state index in [1.165, 1.54) is 12.4 Å². The molecular weight excluding hydrogens is 394 g/mol. The van der Waals surface area contributed by atoms with Gasteiger partial charge in [0.2, 0.25) is 11.8 Å². The zero-order valence-electron chi connectivity index (χ0n) is 17.0. The molecule has 0 saturated carbocycles. The van der Waals surface area contributed by atoms with E-state index in [0.29, 0.717) is 54.7 Å². The number of nitrogens with two attached hydrogens (primary N) is 1. The average Bonchev–Trinajstić information content (AvgIpc) is 2.81. The van der Waals surface area contributed by atoms with Gasteiger partial charge in [-0.05, 0) is 35.9 Å². The fourth-order valence-corrected chi connectivity index (χ4v) is 3.46. The molecule has 1 saturated heterocycles. The number of nitrogen functional groups attached to an aromatic ring is 1. The van der Waals surface area contributed by atoms with Crippen LogP contribution in [0.3, 0.4) is 0 Å². The van der Waals surface area contributed by atoms with Gasteiger partial charge in [0, 0.05) is 32.1 Å². The molecule has 31 heavy (non-hydrogen) atoms. The first-order chi connectivity index (χ1) is 15.1. The first-order valence-electron chi connectivity index (χ1n) is 10.0. The number of nitrogens with zero attached hydrogens (tertiary/aromatic N) is 4. The lowest BCUT2D eigenvalue weighted by molar-refractivity contribution is -0.127. The largest absolute Gasteiger partial charge is 0.474 e. The lowest BCUT2D eigenvalue weighted by Gasteiger charge is -2.31. The second-order valence-corrected chi connectivity index (χ2v) is 7.10. The zero-order chi connectivity index (χ0) is 21.6. The smallest absolute Gasteiger partial charge is 0.245 e. The van der Waals surface area contributed by atoms with Gasteiger partial charge in [0.1, 0.15) is 29.7 Å². The van der Waals surface area contributed by atoms with Crippen LogP contribution >= 0.6 is 0 Å². The van der Waals surface area contributed by atoms with Gasteiger partial charge in [0.15, 0.2) is 0 Å². The third-order valence-corrected chi connectivity index (χ3v) is 5.06. The number of carbonyl (C=O) groups excluding carboxylic acids is 1. The van der Waals surface area contributed by atoms with Crippen molar-refractivity contribution in [2.45, 2.75) is 18.9 Å². The predicted molar refractivity (Wildman–Crippen MR) is 117 cm³/mol. The number of anilines is 1. The molecular formula is C23H23N5O3. The maximum Gasteiger partial charge on any atom is 0.245 e. The molecule has 8 heteroatoms. The van der Waals surface area contributed by atoms with Crippen molar-refractivity contribution in [3.8, 4) is 28.5 Å². The van der Waals surface area contributed by atoms with E-state index in [9.17, 15) is 4.79 Å². The number of benzene rings is 1. The molecule has 1 aliphatic heterocycles. The molecule has 0 radical (unpaired) electrons. The Kier molecular flexibility index (Phi) is 6.07. The van der Waals surface area contributed by atoms with Crippen LogP contribution in [0.4, 0.5) is 5.82 Å². The maximum absolute atomic E-state index is 11.8. The van der Waals surface area contributed by atoms with E-state index < -0.39 is 0 Å². The molecule has 3 heterocycles. The molecule has 2 N–H and O–H groups in total. The number of aromatic nitrogens is 3. The SMILES string of the molecule is C=CC(=O)N1CCC(Oc2ncnc(N)c2-c2ccc(Oc3cccnc3)cc2)CC1. The summed E-state index contributed by atoms with van der Waals surface area (Å²) in [6, 6.07) is 11.1. The summed E-state index contributed by atoms with van der Waals surface area (Å²) in [7, 11) is 0. The van der Waals surface area contributed by atoms with Crippen molar-refractivity contribution in [2.75, 3.05) is 18.8 Å². The molecule has 1 amide bonds. The van der Waals surface area contributed by atoms with Crippen LogP contribution in [0, 0.1) is 0 Å². The minimum atomic E-state index is -0.0601. The summed E-state index contributed by atoms with van der Waals surface area (Å²) >= 11 is 0. The summed E-state index contributed by atoms with van der Waals surface area (Å²) in [6.45, 7) is 4.78. The summed E-state index contributed by atoms with van der Waals surface area (Å²) < 4.78 is 12.0. The van der Waals surface area contributed by atoms with Gasteiger partial charge in [-0.1, -0.05) is 18.7 Å². The fraction of sp³-hybridized carbons (Fsp3) is 0.217. The van der Waals surface area contributed by atoms with E-state index in [0.717, 1.165) is 5.56 Å². The van der Waals surface area contributed by atoms with Crippen molar-refractivity contribution >= 4 is 11.7 Å². The first-order valence-corrected chi connectivity index (χ1v) is 10.0. The maximum atomic E-state index is 11.8. The minimum Gasteiger partial charge on any atom is -0.474 e. The lowest BCUT2D eigenvalue weighted by Crippen LogP contribution is -2.41. The topological polar surface area (TPSA) is 103 Å². The molecule has 0 aliphatic carbocycles. The minimum absolute atomic E-state index is 0.0565. The van der Waals surface area contributed by atoms with Gasteiger partial charge < -0.3 is 20.1 Å². The Morgan fingerprint density at radius 2 is 1.90 bits per heavy atom. The van der Waals surface area contributed by atoms with Crippen LogP contribution in [0.1, 0.15) is 12.8 Å². The number of ether oxygens (including phenoxy) is 2. The Hall–Kier alpha value is -3.94. The van der Waals surface area contributed by atoms with Crippen molar-refractivity contribution in [3.63, 3.8) is 0 Å². The third kappa shape index (κ3) is 4.80. The van der Waals surface area contributed by atoms with Gasteiger partial charge in [-0.3, -0.25) is 9.78 Å². The summed E-state index contributed by atoms with van der Waals surface area (Å²) in [4.78, 5) is 26.0. The summed E-state index contributed by atoms with van der Waals surface area (Å²) in [5.41, 5.74) is 7.63. The third-order valence-electron chi connectivity index (χ3n) is 5.06. The molecule has 0 atom stereocenters. The molecule has 0 bridgehead atoms. The molecule has 4 rings (SSSR count). The van der Waals surface area contributed by atoms with Gasteiger partial charge in [-0.2, -0.15) is 0 Å². The van der Waals surface area contributed by atoms with E-state index in [1.54, 1.807) is 17.3 Å². The highest BCUT2D eigenvalue weighted by atomic mass is 16.5. The number of rotatable bonds is 6.